The number of anilines is 1. The Kier molecular flexibility index (Phi) is 4.67. The molecule has 5 heteroatoms. The lowest BCUT2D eigenvalue weighted by molar-refractivity contribution is 0.0557. The van der Waals surface area contributed by atoms with Gasteiger partial charge in [0.05, 0.1) is 10.7 Å². The highest BCUT2D eigenvalue weighted by molar-refractivity contribution is 6.33. The molecule has 0 saturated carbocycles. The van der Waals surface area contributed by atoms with Gasteiger partial charge in [0.1, 0.15) is 0 Å². The van der Waals surface area contributed by atoms with Gasteiger partial charge in [0.2, 0.25) is 0 Å². The molecule has 116 valence electrons. The number of benzene rings is 1. The predicted molar refractivity (Wildman–Crippen MR) is 86.1 cm³/mol. The van der Waals surface area contributed by atoms with E-state index in [0.717, 1.165) is 18.5 Å². The van der Waals surface area contributed by atoms with E-state index in [4.69, 9.17) is 11.6 Å². The second-order valence-electron chi connectivity index (χ2n) is 6.70. The van der Waals surface area contributed by atoms with Gasteiger partial charge in [-0.05, 0) is 30.4 Å². The third-order valence-corrected chi connectivity index (χ3v) is 4.41. The van der Waals surface area contributed by atoms with Crippen molar-refractivity contribution in [3.05, 3.63) is 29.3 Å². The average molecular weight is 311 g/mol. The molecule has 0 spiro atoms. The van der Waals surface area contributed by atoms with E-state index < -0.39 is 6.09 Å². The monoisotopic (exact) mass is 310 g/mol. The van der Waals surface area contributed by atoms with Crippen molar-refractivity contribution >= 4 is 23.4 Å². The third kappa shape index (κ3) is 3.82. The molecule has 0 radical (unpaired) electrons. The van der Waals surface area contributed by atoms with Crippen LogP contribution in [0.5, 0.6) is 0 Å². The predicted octanol–water partition coefficient (Wildman–Crippen LogP) is 4.31. The van der Waals surface area contributed by atoms with Gasteiger partial charge < -0.3 is 15.3 Å². The number of para-hydroxylation sites is 1. The Bertz CT molecular complexity index is 513. The number of likely N-dealkylation sites (tertiary alicyclic amines) is 1. The zero-order valence-electron chi connectivity index (χ0n) is 12.8. The average Bonchev–Trinajstić information content (AvgIpc) is 2.40. The van der Waals surface area contributed by atoms with Crippen LogP contribution in [0.3, 0.4) is 0 Å². The zero-order valence-corrected chi connectivity index (χ0v) is 13.5. The number of carbonyl (C=O) groups is 1. The lowest BCUT2D eigenvalue weighted by atomic mass is 9.79. The summed E-state index contributed by atoms with van der Waals surface area (Å²) >= 11 is 6.18. The molecule has 1 aromatic carbocycles. The number of nitrogens with one attached hydrogen (secondary N) is 1. The summed E-state index contributed by atoms with van der Waals surface area (Å²) in [7, 11) is 0. The van der Waals surface area contributed by atoms with Gasteiger partial charge in [-0.2, -0.15) is 0 Å². The first kappa shape index (κ1) is 16.0. The van der Waals surface area contributed by atoms with Crippen molar-refractivity contribution in [3.8, 4) is 0 Å². The van der Waals surface area contributed by atoms with Crippen LogP contribution in [0.4, 0.5) is 10.5 Å². The first-order valence-electron chi connectivity index (χ1n) is 7.29. The number of rotatable bonds is 2. The molecular weight excluding hydrogens is 288 g/mol. The second kappa shape index (κ2) is 6.14. The van der Waals surface area contributed by atoms with E-state index in [9.17, 15) is 9.90 Å². The smallest absolute Gasteiger partial charge is 0.407 e. The number of amides is 1. The van der Waals surface area contributed by atoms with Crippen molar-refractivity contribution in [2.75, 3.05) is 11.9 Å². The summed E-state index contributed by atoms with van der Waals surface area (Å²) in [6.07, 6.45) is 0.761. The fourth-order valence-corrected chi connectivity index (χ4v) is 3.13. The quantitative estimate of drug-likeness (QED) is 0.856. The Morgan fingerprint density at radius 3 is 2.62 bits per heavy atom. The lowest BCUT2D eigenvalue weighted by Gasteiger charge is -2.45. The van der Waals surface area contributed by atoms with Gasteiger partial charge in [0.15, 0.2) is 0 Å². The van der Waals surface area contributed by atoms with Crippen molar-refractivity contribution < 1.29 is 9.90 Å². The molecule has 0 aliphatic carbocycles. The molecular formula is C16H23ClN2O2. The zero-order chi connectivity index (χ0) is 15.6. The van der Waals surface area contributed by atoms with E-state index in [-0.39, 0.29) is 17.5 Å². The summed E-state index contributed by atoms with van der Waals surface area (Å²) in [6.45, 7) is 6.82. The highest BCUT2D eigenvalue weighted by Gasteiger charge is 2.38. The minimum atomic E-state index is -0.828. The van der Waals surface area contributed by atoms with E-state index in [1.807, 2.05) is 24.3 Å². The molecule has 2 rings (SSSR count). The van der Waals surface area contributed by atoms with Crippen molar-refractivity contribution in [1.29, 1.82) is 0 Å². The topological polar surface area (TPSA) is 52.6 Å². The summed E-state index contributed by atoms with van der Waals surface area (Å²) < 4.78 is 0. The van der Waals surface area contributed by atoms with Crippen LogP contribution < -0.4 is 5.32 Å². The molecule has 2 unspecified atom stereocenters. The molecule has 1 aromatic rings. The van der Waals surface area contributed by atoms with Crippen molar-refractivity contribution in [1.82, 2.24) is 4.90 Å². The number of hydrogen-bond donors (Lipinski definition) is 2. The van der Waals surface area contributed by atoms with Gasteiger partial charge in [-0.1, -0.05) is 44.5 Å². The molecule has 1 amide bonds. The van der Waals surface area contributed by atoms with Crippen LogP contribution in [0.15, 0.2) is 24.3 Å². The van der Waals surface area contributed by atoms with Crippen LogP contribution in [0, 0.1) is 5.41 Å². The molecule has 1 heterocycles. The summed E-state index contributed by atoms with van der Waals surface area (Å²) in [5.41, 5.74) is 0.833. The van der Waals surface area contributed by atoms with Crippen LogP contribution in [0.2, 0.25) is 5.02 Å². The van der Waals surface area contributed by atoms with Crippen molar-refractivity contribution in [2.45, 2.75) is 45.7 Å². The maximum atomic E-state index is 11.4. The van der Waals surface area contributed by atoms with Crippen molar-refractivity contribution in [3.63, 3.8) is 0 Å². The van der Waals surface area contributed by atoms with Gasteiger partial charge in [-0.25, -0.2) is 4.79 Å². The Morgan fingerprint density at radius 2 is 2.05 bits per heavy atom. The molecule has 1 aliphatic rings. The lowest BCUT2D eigenvalue weighted by Crippen LogP contribution is -2.54. The molecule has 1 saturated heterocycles. The Labute approximate surface area is 131 Å². The molecule has 21 heavy (non-hydrogen) atoms. The molecule has 2 atom stereocenters. The summed E-state index contributed by atoms with van der Waals surface area (Å²) in [4.78, 5) is 13.0. The number of halogens is 1. The summed E-state index contributed by atoms with van der Waals surface area (Å²) in [5.74, 6) is 0. The first-order valence-corrected chi connectivity index (χ1v) is 7.67. The minimum absolute atomic E-state index is 0.00346. The number of hydrogen-bond acceptors (Lipinski definition) is 2. The van der Waals surface area contributed by atoms with Crippen molar-refractivity contribution in [2.24, 2.45) is 5.41 Å². The SMILES string of the molecule is CC(C)(C)C1CC(Nc2ccccc2Cl)CCN1C(=O)O. The van der Waals surface area contributed by atoms with E-state index in [0.29, 0.717) is 11.6 Å². The van der Waals surface area contributed by atoms with E-state index in [1.54, 1.807) is 4.90 Å². The number of nitrogens with zero attached hydrogens (tertiary/aromatic N) is 1. The minimum Gasteiger partial charge on any atom is -0.465 e. The Morgan fingerprint density at radius 1 is 1.38 bits per heavy atom. The number of piperidine rings is 1. The van der Waals surface area contributed by atoms with Gasteiger partial charge in [0.25, 0.3) is 0 Å². The van der Waals surface area contributed by atoms with Gasteiger partial charge >= 0.3 is 6.09 Å². The molecule has 2 N–H and O–H groups in total. The maximum absolute atomic E-state index is 11.4. The first-order chi connectivity index (χ1) is 9.79. The molecule has 1 fully saturated rings. The van der Waals surface area contributed by atoms with E-state index in [2.05, 4.69) is 26.1 Å². The van der Waals surface area contributed by atoms with Crippen LogP contribution in [0.1, 0.15) is 33.6 Å². The highest BCUT2D eigenvalue weighted by atomic mass is 35.5. The second-order valence-corrected chi connectivity index (χ2v) is 7.11. The molecule has 0 aromatic heterocycles. The van der Waals surface area contributed by atoms with Gasteiger partial charge in [0, 0.05) is 18.6 Å². The standard InChI is InChI=1S/C16H23ClN2O2/c1-16(2,3)14-10-11(8-9-19(14)15(20)21)18-13-7-5-4-6-12(13)17/h4-7,11,14,18H,8-10H2,1-3H3,(H,20,21). The molecule has 1 aliphatic heterocycles. The van der Waals surface area contributed by atoms with Gasteiger partial charge in [-0.15, -0.1) is 0 Å². The Hall–Kier alpha value is -1.42. The maximum Gasteiger partial charge on any atom is 0.407 e. The van der Waals surface area contributed by atoms with E-state index in [1.165, 1.54) is 0 Å². The number of carboxylic acid groups (broad SMARTS) is 1. The highest BCUT2D eigenvalue weighted by Crippen LogP contribution is 2.34. The third-order valence-electron chi connectivity index (χ3n) is 4.08. The summed E-state index contributed by atoms with van der Waals surface area (Å²) in [6, 6.07) is 7.91. The molecule has 0 bridgehead atoms. The normalized spacial score (nSPS) is 23.0. The van der Waals surface area contributed by atoms with Crippen LogP contribution in [0.25, 0.3) is 0 Å². The Balaban J connectivity index is 2.11. The van der Waals surface area contributed by atoms with Crippen LogP contribution in [-0.2, 0) is 0 Å². The fraction of sp³-hybridized carbons (Fsp3) is 0.562. The summed E-state index contributed by atoms with van der Waals surface area (Å²) in [5, 5.41) is 13.5. The van der Waals surface area contributed by atoms with Crippen LogP contribution >= 0.6 is 11.6 Å². The van der Waals surface area contributed by atoms with Crippen LogP contribution in [-0.4, -0.2) is 34.7 Å². The van der Waals surface area contributed by atoms with Gasteiger partial charge in [-0.3, -0.25) is 0 Å². The fourth-order valence-electron chi connectivity index (χ4n) is 2.94. The largest absolute Gasteiger partial charge is 0.465 e. The molecule has 4 nitrogen and oxygen atoms in total. The van der Waals surface area contributed by atoms with E-state index >= 15 is 0 Å².